The lowest BCUT2D eigenvalue weighted by atomic mass is 9.83. The number of aromatic nitrogens is 2. The zero-order valence-corrected chi connectivity index (χ0v) is 11.6. The molecule has 0 bridgehead atoms. The Morgan fingerprint density at radius 1 is 1.42 bits per heavy atom. The number of allylic oxidation sites excluding steroid dienone is 2. The van der Waals surface area contributed by atoms with E-state index in [1.807, 2.05) is 6.20 Å². The number of fused-ring (bicyclic) bond motifs is 1. The van der Waals surface area contributed by atoms with E-state index in [1.54, 1.807) is 0 Å². The number of hydrogen-bond acceptors (Lipinski definition) is 2. The highest BCUT2D eigenvalue weighted by Crippen LogP contribution is 2.29. The zero-order valence-electron chi connectivity index (χ0n) is 11.6. The molecule has 2 atom stereocenters. The van der Waals surface area contributed by atoms with Gasteiger partial charge in [-0.15, -0.1) is 0 Å². The molecule has 2 unspecified atom stereocenters. The molecule has 1 aromatic carbocycles. The summed E-state index contributed by atoms with van der Waals surface area (Å²) in [5.41, 5.74) is 3.82. The van der Waals surface area contributed by atoms with Gasteiger partial charge in [0.15, 0.2) is 0 Å². The van der Waals surface area contributed by atoms with Crippen LogP contribution >= 0.6 is 0 Å². The highest BCUT2D eigenvalue weighted by Gasteiger charge is 2.18. The molecule has 0 fully saturated rings. The molecule has 1 aromatic heterocycles. The van der Waals surface area contributed by atoms with Crippen LogP contribution < -0.4 is 5.32 Å². The van der Waals surface area contributed by atoms with Crippen molar-refractivity contribution in [2.75, 3.05) is 11.9 Å². The molecule has 19 heavy (non-hydrogen) atoms. The van der Waals surface area contributed by atoms with Crippen LogP contribution in [0.5, 0.6) is 0 Å². The van der Waals surface area contributed by atoms with Crippen molar-refractivity contribution in [1.82, 2.24) is 10.2 Å². The molecule has 1 aliphatic carbocycles. The first-order valence-corrected chi connectivity index (χ1v) is 7.05. The van der Waals surface area contributed by atoms with Crippen molar-refractivity contribution in [3.63, 3.8) is 0 Å². The van der Waals surface area contributed by atoms with Crippen LogP contribution in [0.2, 0.25) is 0 Å². The Kier molecular flexibility index (Phi) is 3.28. The SMILES string of the molecule is CC1=CC(C)CC(CNc2cccc3[nH]ncc23)C1. The molecule has 2 N–H and O–H groups in total. The third-order valence-corrected chi connectivity index (χ3v) is 3.95. The zero-order chi connectivity index (χ0) is 13.2. The Balaban J connectivity index is 1.70. The van der Waals surface area contributed by atoms with Gasteiger partial charge in [0.05, 0.1) is 11.7 Å². The van der Waals surface area contributed by atoms with E-state index in [9.17, 15) is 0 Å². The fraction of sp³-hybridized carbons (Fsp3) is 0.438. The van der Waals surface area contributed by atoms with Crippen LogP contribution in [0.1, 0.15) is 26.7 Å². The first kappa shape index (κ1) is 12.3. The predicted molar refractivity (Wildman–Crippen MR) is 80.2 cm³/mol. The lowest BCUT2D eigenvalue weighted by molar-refractivity contribution is 0.421. The molecule has 100 valence electrons. The Labute approximate surface area is 114 Å². The van der Waals surface area contributed by atoms with Gasteiger partial charge in [0.1, 0.15) is 0 Å². The summed E-state index contributed by atoms with van der Waals surface area (Å²) >= 11 is 0. The van der Waals surface area contributed by atoms with Crippen LogP contribution in [0.3, 0.4) is 0 Å². The molecule has 0 saturated heterocycles. The standard InChI is InChI=1S/C16H21N3/c1-11-6-12(2)8-13(7-11)9-17-15-4-3-5-16-14(15)10-18-19-16/h3-6,10-11,13,17H,7-9H2,1-2H3,(H,18,19). The number of anilines is 1. The highest BCUT2D eigenvalue weighted by atomic mass is 15.1. The van der Waals surface area contributed by atoms with E-state index in [4.69, 9.17) is 0 Å². The van der Waals surface area contributed by atoms with E-state index >= 15 is 0 Å². The number of nitrogens with one attached hydrogen (secondary N) is 2. The number of hydrogen-bond donors (Lipinski definition) is 2. The van der Waals surface area contributed by atoms with Crippen LogP contribution in [0.4, 0.5) is 5.69 Å². The molecule has 0 radical (unpaired) electrons. The van der Waals surface area contributed by atoms with Gasteiger partial charge in [-0.05, 0) is 43.7 Å². The second-order valence-electron chi connectivity index (χ2n) is 5.81. The third kappa shape index (κ3) is 2.65. The lowest BCUT2D eigenvalue weighted by Crippen LogP contribution is -2.20. The molecule has 1 heterocycles. The molecule has 2 aromatic rings. The van der Waals surface area contributed by atoms with E-state index in [2.05, 4.69) is 53.6 Å². The van der Waals surface area contributed by atoms with E-state index in [0.717, 1.165) is 18.0 Å². The summed E-state index contributed by atoms with van der Waals surface area (Å²) in [6.45, 7) is 5.60. The first-order valence-electron chi connectivity index (χ1n) is 7.05. The van der Waals surface area contributed by atoms with E-state index < -0.39 is 0 Å². The molecular formula is C16H21N3. The van der Waals surface area contributed by atoms with Crippen LogP contribution in [-0.4, -0.2) is 16.7 Å². The summed E-state index contributed by atoms with van der Waals surface area (Å²) < 4.78 is 0. The molecule has 3 rings (SSSR count). The minimum absolute atomic E-state index is 0.713. The summed E-state index contributed by atoms with van der Waals surface area (Å²) in [7, 11) is 0. The van der Waals surface area contributed by atoms with Crippen molar-refractivity contribution in [3.05, 3.63) is 36.0 Å². The summed E-state index contributed by atoms with van der Waals surface area (Å²) in [4.78, 5) is 0. The van der Waals surface area contributed by atoms with Crippen LogP contribution in [0.15, 0.2) is 36.0 Å². The molecular weight excluding hydrogens is 234 g/mol. The summed E-state index contributed by atoms with van der Waals surface area (Å²) in [5.74, 6) is 1.45. The van der Waals surface area contributed by atoms with E-state index in [1.165, 1.54) is 29.5 Å². The lowest BCUT2D eigenvalue weighted by Gasteiger charge is -2.26. The van der Waals surface area contributed by atoms with E-state index in [-0.39, 0.29) is 0 Å². The monoisotopic (exact) mass is 255 g/mol. The average molecular weight is 255 g/mol. The Morgan fingerprint density at radius 3 is 3.16 bits per heavy atom. The fourth-order valence-corrected chi connectivity index (χ4v) is 3.22. The van der Waals surface area contributed by atoms with Gasteiger partial charge in [-0.2, -0.15) is 5.10 Å². The maximum absolute atomic E-state index is 4.11. The molecule has 3 nitrogen and oxygen atoms in total. The fourth-order valence-electron chi connectivity index (χ4n) is 3.22. The highest BCUT2D eigenvalue weighted by molar-refractivity contribution is 5.90. The van der Waals surface area contributed by atoms with Crippen molar-refractivity contribution in [3.8, 4) is 0 Å². The van der Waals surface area contributed by atoms with Crippen LogP contribution in [-0.2, 0) is 0 Å². The predicted octanol–water partition coefficient (Wildman–Crippen LogP) is 3.97. The third-order valence-electron chi connectivity index (χ3n) is 3.95. The molecule has 0 saturated carbocycles. The molecule has 0 aliphatic heterocycles. The largest absolute Gasteiger partial charge is 0.384 e. The van der Waals surface area contributed by atoms with Gasteiger partial charge < -0.3 is 5.32 Å². The van der Waals surface area contributed by atoms with E-state index in [0.29, 0.717) is 5.92 Å². The second kappa shape index (κ2) is 5.08. The second-order valence-corrected chi connectivity index (χ2v) is 5.81. The normalized spacial score (nSPS) is 23.4. The summed E-state index contributed by atoms with van der Waals surface area (Å²) in [5, 5.41) is 11.9. The summed E-state index contributed by atoms with van der Waals surface area (Å²) in [6.07, 6.45) is 6.81. The maximum Gasteiger partial charge on any atom is 0.0671 e. The number of H-pyrrole nitrogens is 1. The smallest absolute Gasteiger partial charge is 0.0671 e. The van der Waals surface area contributed by atoms with Crippen molar-refractivity contribution >= 4 is 16.6 Å². The Morgan fingerprint density at radius 2 is 2.32 bits per heavy atom. The Bertz CT molecular complexity index is 597. The van der Waals surface area contributed by atoms with Gasteiger partial charge in [-0.3, -0.25) is 5.10 Å². The number of nitrogens with zero attached hydrogens (tertiary/aromatic N) is 1. The first-order chi connectivity index (χ1) is 9.22. The van der Waals surface area contributed by atoms with Gasteiger partial charge in [0, 0.05) is 17.6 Å². The maximum atomic E-state index is 4.11. The quantitative estimate of drug-likeness (QED) is 0.815. The molecule has 0 spiro atoms. The number of aromatic amines is 1. The minimum atomic E-state index is 0.713. The minimum Gasteiger partial charge on any atom is -0.384 e. The topological polar surface area (TPSA) is 40.7 Å². The van der Waals surface area contributed by atoms with Gasteiger partial charge in [0.25, 0.3) is 0 Å². The number of rotatable bonds is 3. The molecule has 3 heteroatoms. The molecule has 1 aliphatic rings. The van der Waals surface area contributed by atoms with Crippen molar-refractivity contribution < 1.29 is 0 Å². The van der Waals surface area contributed by atoms with Gasteiger partial charge in [0.2, 0.25) is 0 Å². The average Bonchev–Trinajstić information content (AvgIpc) is 2.83. The van der Waals surface area contributed by atoms with Gasteiger partial charge >= 0.3 is 0 Å². The number of benzene rings is 1. The Hall–Kier alpha value is -1.77. The van der Waals surface area contributed by atoms with Gasteiger partial charge in [-0.1, -0.05) is 24.6 Å². The summed E-state index contributed by atoms with van der Waals surface area (Å²) in [6, 6.07) is 6.26. The molecule has 0 amide bonds. The van der Waals surface area contributed by atoms with Crippen molar-refractivity contribution in [1.29, 1.82) is 0 Å². The van der Waals surface area contributed by atoms with Gasteiger partial charge in [-0.25, -0.2) is 0 Å². The van der Waals surface area contributed by atoms with Crippen LogP contribution in [0.25, 0.3) is 10.9 Å². The van der Waals surface area contributed by atoms with Crippen LogP contribution in [0, 0.1) is 11.8 Å². The van der Waals surface area contributed by atoms with Crippen molar-refractivity contribution in [2.24, 2.45) is 11.8 Å². The van der Waals surface area contributed by atoms with Crippen molar-refractivity contribution in [2.45, 2.75) is 26.7 Å².